The SMILES string of the molecule is C=CC1CCC(/C=C/C(F)(F)Oc2ccc(C3CCC(C=C)CC3)c(F)c2F)CC1. The normalized spacial score (nSPS) is 27.7. The summed E-state index contributed by atoms with van der Waals surface area (Å²) in [5.74, 6) is -2.44. The summed E-state index contributed by atoms with van der Waals surface area (Å²) < 4.78 is 62.1. The van der Waals surface area contributed by atoms with Gasteiger partial charge in [-0.05, 0) is 86.7 Å². The molecular formula is C25H30F4O. The lowest BCUT2D eigenvalue weighted by molar-refractivity contribution is -0.133. The zero-order chi connectivity index (χ0) is 21.7. The summed E-state index contributed by atoms with van der Waals surface area (Å²) in [6.07, 6.45) is 8.80. The van der Waals surface area contributed by atoms with Gasteiger partial charge in [-0.2, -0.15) is 13.2 Å². The Morgan fingerprint density at radius 1 is 0.800 bits per heavy atom. The molecule has 30 heavy (non-hydrogen) atoms. The first-order chi connectivity index (χ1) is 14.3. The van der Waals surface area contributed by atoms with E-state index in [9.17, 15) is 17.6 Å². The number of allylic oxidation sites excluding steroid dienone is 3. The highest BCUT2D eigenvalue weighted by Gasteiger charge is 2.32. The highest BCUT2D eigenvalue weighted by Crippen LogP contribution is 2.39. The minimum absolute atomic E-state index is 0.0327. The largest absolute Gasteiger partial charge is 0.426 e. The smallest absolute Gasteiger partial charge is 0.419 e. The molecule has 0 aromatic heterocycles. The minimum atomic E-state index is -3.70. The van der Waals surface area contributed by atoms with Crippen molar-refractivity contribution in [3.8, 4) is 5.75 Å². The van der Waals surface area contributed by atoms with Gasteiger partial charge in [-0.1, -0.05) is 24.3 Å². The summed E-state index contributed by atoms with van der Waals surface area (Å²) in [6.45, 7) is 7.55. The molecular weight excluding hydrogens is 392 g/mol. The molecule has 0 saturated heterocycles. The Hall–Kier alpha value is -2.04. The van der Waals surface area contributed by atoms with Crippen molar-refractivity contribution in [3.63, 3.8) is 0 Å². The minimum Gasteiger partial charge on any atom is -0.426 e. The van der Waals surface area contributed by atoms with Gasteiger partial charge in [0.15, 0.2) is 11.6 Å². The first-order valence-electron chi connectivity index (χ1n) is 10.8. The number of ether oxygens (including phenoxy) is 1. The number of hydrogen-bond donors (Lipinski definition) is 0. The van der Waals surface area contributed by atoms with Crippen LogP contribution in [0, 0.1) is 29.4 Å². The lowest BCUT2D eigenvalue weighted by atomic mass is 9.78. The number of alkyl halides is 2. The van der Waals surface area contributed by atoms with Gasteiger partial charge in [0.25, 0.3) is 0 Å². The van der Waals surface area contributed by atoms with Gasteiger partial charge in [-0.25, -0.2) is 4.39 Å². The molecule has 1 aromatic carbocycles. The van der Waals surface area contributed by atoms with Gasteiger partial charge < -0.3 is 4.74 Å². The molecule has 0 radical (unpaired) electrons. The first-order valence-corrected chi connectivity index (χ1v) is 10.8. The van der Waals surface area contributed by atoms with E-state index in [4.69, 9.17) is 0 Å². The molecule has 3 rings (SSSR count). The van der Waals surface area contributed by atoms with Crippen LogP contribution in [0.4, 0.5) is 17.6 Å². The molecule has 2 aliphatic carbocycles. The Morgan fingerprint density at radius 3 is 1.90 bits per heavy atom. The highest BCUT2D eigenvalue weighted by atomic mass is 19.3. The third-order valence-electron chi connectivity index (χ3n) is 6.58. The molecule has 164 valence electrons. The fourth-order valence-electron chi connectivity index (χ4n) is 4.61. The molecule has 2 saturated carbocycles. The molecule has 2 aliphatic rings. The molecule has 0 unspecified atom stereocenters. The second-order valence-electron chi connectivity index (χ2n) is 8.56. The van der Waals surface area contributed by atoms with Crippen molar-refractivity contribution in [2.24, 2.45) is 17.8 Å². The number of rotatable bonds is 7. The van der Waals surface area contributed by atoms with E-state index in [2.05, 4.69) is 17.9 Å². The molecule has 0 atom stereocenters. The predicted octanol–water partition coefficient (Wildman–Crippen LogP) is 7.94. The van der Waals surface area contributed by atoms with E-state index in [0.29, 0.717) is 17.9 Å². The maximum Gasteiger partial charge on any atom is 0.419 e. The van der Waals surface area contributed by atoms with Gasteiger partial charge in [0.1, 0.15) is 0 Å². The second-order valence-corrected chi connectivity index (χ2v) is 8.56. The summed E-state index contributed by atoms with van der Waals surface area (Å²) in [5.41, 5.74) is 0.236. The number of hydrogen-bond acceptors (Lipinski definition) is 1. The molecule has 1 aromatic rings. The topological polar surface area (TPSA) is 9.23 Å². The average Bonchev–Trinajstić information content (AvgIpc) is 2.76. The molecule has 0 N–H and O–H groups in total. The van der Waals surface area contributed by atoms with Crippen LogP contribution in [0.5, 0.6) is 5.75 Å². The third kappa shape index (κ3) is 5.55. The van der Waals surface area contributed by atoms with E-state index in [1.807, 2.05) is 12.2 Å². The van der Waals surface area contributed by atoms with Crippen LogP contribution in [0.1, 0.15) is 62.8 Å². The molecule has 0 spiro atoms. The van der Waals surface area contributed by atoms with Gasteiger partial charge in [-0.3, -0.25) is 0 Å². The van der Waals surface area contributed by atoms with Gasteiger partial charge in [0, 0.05) is 6.08 Å². The summed E-state index contributed by atoms with van der Waals surface area (Å²) in [4.78, 5) is 0. The van der Waals surface area contributed by atoms with Crippen molar-refractivity contribution in [1.29, 1.82) is 0 Å². The van der Waals surface area contributed by atoms with Gasteiger partial charge in [0.2, 0.25) is 5.82 Å². The molecule has 0 aliphatic heterocycles. The Balaban J connectivity index is 1.64. The lowest BCUT2D eigenvalue weighted by Gasteiger charge is -2.27. The maximum absolute atomic E-state index is 14.6. The van der Waals surface area contributed by atoms with Crippen molar-refractivity contribution < 1.29 is 22.3 Å². The van der Waals surface area contributed by atoms with Gasteiger partial charge in [-0.15, -0.1) is 13.2 Å². The Kier molecular flexibility index (Phi) is 7.43. The van der Waals surface area contributed by atoms with Crippen molar-refractivity contribution >= 4 is 0 Å². The van der Waals surface area contributed by atoms with Gasteiger partial charge >= 0.3 is 6.11 Å². The van der Waals surface area contributed by atoms with E-state index in [-0.39, 0.29) is 17.4 Å². The van der Waals surface area contributed by atoms with Crippen LogP contribution in [0.25, 0.3) is 0 Å². The van der Waals surface area contributed by atoms with E-state index >= 15 is 0 Å². The van der Waals surface area contributed by atoms with Crippen molar-refractivity contribution in [3.05, 3.63) is 66.8 Å². The van der Waals surface area contributed by atoms with Gasteiger partial charge in [0.05, 0.1) is 0 Å². The van der Waals surface area contributed by atoms with E-state index in [0.717, 1.165) is 57.4 Å². The lowest BCUT2D eigenvalue weighted by Crippen LogP contribution is -2.23. The van der Waals surface area contributed by atoms with Crippen LogP contribution < -0.4 is 4.74 Å². The maximum atomic E-state index is 14.6. The molecule has 0 heterocycles. The average molecular weight is 423 g/mol. The van der Waals surface area contributed by atoms with Crippen LogP contribution in [0.3, 0.4) is 0 Å². The predicted molar refractivity (Wildman–Crippen MR) is 112 cm³/mol. The Bertz CT molecular complexity index is 770. The van der Waals surface area contributed by atoms with Crippen LogP contribution in [0.2, 0.25) is 0 Å². The summed E-state index contributed by atoms with van der Waals surface area (Å²) in [7, 11) is 0. The van der Waals surface area contributed by atoms with E-state index in [1.165, 1.54) is 12.1 Å². The summed E-state index contributed by atoms with van der Waals surface area (Å²) >= 11 is 0. The Labute approximate surface area is 176 Å². The Morgan fingerprint density at radius 2 is 1.33 bits per heavy atom. The zero-order valence-electron chi connectivity index (χ0n) is 17.3. The highest BCUT2D eigenvalue weighted by molar-refractivity contribution is 5.34. The molecule has 1 nitrogen and oxygen atoms in total. The fourth-order valence-corrected chi connectivity index (χ4v) is 4.61. The fraction of sp³-hybridized carbons (Fsp3) is 0.520. The standard InChI is InChI=1S/C25H30F4O/c1-3-17-5-7-19(8-6-17)15-16-25(28,29)30-22-14-13-21(23(26)24(22)27)20-11-9-18(4-2)10-12-20/h3-4,13-20H,1-2,5-12H2/b16-15+. The van der Waals surface area contributed by atoms with Crippen LogP contribution in [-0.4, -0.2) is 6.11 Å². The summed E-state index contributed by atoms with van der Waals surface area (Å²) in [5, 5.41) is 0. The van der Waals surface area contributed by atoms with Crippen molar-refractivity contribution in [2.75, 3.05) is 0 Å². The van der Waals surface area contributed by atoms with E-state index in [1.54, 1.807) is 0 Å². The molecule has 0 bridgehead atoms. The number of halogens is 4. The van der Waals surface area contributed by atoms with Crippen LogP contribution in [-0.2, 0) is 0 Å². The molecule has 0 amide bonds. The zero-order valence-corrected chi connectivity index (χ0v) is 17.3. The third-order valence-corrected chi connectivity index (χ3v) is 6.58. The molecule has 5 heteroatoms. The first kappa shape index (κ1) is 22.6. The van der Waals surface area contributed by atoms with Crippen molar-refractivity contribution in [1.82, 2.24) is 0 Å². The number of benzene rings is 1. The van der Waals surface area contributed by atoms with Crippen LogP contribution >= 0.6 is 0 Å². The monoisotopic (exact) mass is 422 g/mol. The summed E-state index contributed by atoms with van der Waals surface area (Å²) in [6, 6.07) is 2.49. The van der Waals surface area contributed by atoms with Crippen LogP contribution in [0.15, 0.2) is 49.6 Å². The molecule has 2 fully saturated rings. The second kappa shape index (κ2) is 9.84. The van der Waals surface area contributed by atoms with E-state index < -0.39 is 23.5 Å². The quantitative estimate of drug-likeness (QED) is 0.320. The van der Waals surface area contributed by atoms with Crippen molar-refractivity contribution in [2.45, 2.75) is 63.4 Å².